The third-order valence-electron chi connectivity index (χ3n) is 17.9. The third kappa shape index (κ3) is 79.7. The summed E-state index contributed by atoms with van der Waals surface area (Å²) in [5, 5.41) is 11.6. The number of hydrogen-bond donors (Lipinski definition) is 2. The fourth-order valence-electron chi connectivity index (χ4n) is 11.2. The highest BCUT2D eigenvalue weighted by molar-refractivity contribution is 6.03. The molecule has 0 bridgehead atoms. The summed E-state index contributed by atoms with van der Waals surface area (Å²) in [4.78, 5) is 51.3. The van der Waals surface area contributed by atoms with E-state index < -0.39 is 17.4 Å². The first-order chi connectivity index (χ1) is 60.4. The van der Waals surface area contributed by atoms with E-state index in [0.29, 0.717) is 323 Å². The van der Waals surface area contributed by atoms with Gasteiger partial charge in [-0.05, 0) is 43.2 Å². The van der Waals surface area contributed by atoms with Crippen LogP contribution in [0.25, 0.3) is 0 Å². The number of aliphatic carboxylic acids is 1. The van der Waals surface area contributed by atoms with E-state index in [1.807, 2.05) is 66.7 Å². The highest BCUT2D eigenvalue weighted by Gasteiger charge is 2.46. The number of carbonyl (C=O) groups excluding carboxylic acids is 3. The van der Waals surface area contributed by atoms with Crippen LogP contribution in [-0.2, 0) is 156 Å². The third-order valence-corrected chi connectivity index (χ3v) is 17.9. The molecule has 2 aromatic rings. The van der Waals surface area contributed by atoms with Gasteiger partial charge in [-0.1, -0.05) is 157 Å². The van der Waals surface area contributed by atoms with Crippen molar-refractivity contribution in [2.24, 2.45) is 5.41 Å². The van der Waals surface area contributed by atoms with Crippen LogP contribution >= 0.6 is 0 Å². The first-order valence-corrected chi connectivity index (χ1v) is 44.8. The second-order valence-corrected chi connectivity index (χ2v) is 27.9. The first-order valence-electron chi connectivity index (χ1n) is 44.8. The van der Waals surface area contributed by atoms with Gasteiger partial charge in [0.05, 0.1) is 324 Å². The van der Waals surface area contributed by atoms with Gasteiger partial charge in [-0.15, -0.1) is 0 Å². The highest BCUT2D eigenvalue weighted by Crippen LogP contribution is 2.34. The van der Waals surface area contributed by atoms with Crippen LogP contribution in [0.3, 0.4) is 0 Å². The number of amides is 1. The Morgan fingerprint density at radius 1 is 0.287 bits per heavy atom. The number of carboxylic acids is 1. The Morgan fingerprint density at radius 2 is 0.541 bits per heavy atom. The Bertz CT molecular complexity index is 2540. The second-order valence-electron chi connectivity index (χ2n) is 27.9. The average Bonchev–Trinajstić information content (AvgIpc) is 0.806. The molecule has 1 atom stereocenters. The van der Waals surface area contributed by atoms with Crippen molar-refractivity contribution in [3.05, 3.63) is 83.9 Å². The minimum Gasteiger partial charge on any atom is -0.481 e. The molecule has 708 valence electrons. The number of unbranched alkanes of at least 4 members (excludes halogenated alkanes) is 13. The summed E-state index contributed by atoms with van der Waals surface area (Å²) in [6.45, 7) is 24.1. The number of ether oxygens (including phenoxy) is 26. The lowest BCUT2D eigenvalue weighted by molar-refractivity contribution is -0.163. The van der Waals surface area contributed by atoms with Crippen LogP contribution in [0.15, 0.2) is 72.8 Å². The molecule has 0 radical (unpaired) electrons. The summed E-state index contributed by atoms with van der Waals surface area (Å²) < 4.78 is 144. The summed E-state index contributed by atoms with van der Waals surface area (Å²) in [5.74, 6) is -1.90. The SMILES string of the molecule is CCCCCCCCCCCC(C/C=C/CCCCCCCC(=O)OCc1ccccc1)(C(=O)NCCOCCOCCOCCOCCOCCOCCOCCOCCOCCOCCOCCOCCOCCOCCOCCOCCOCCOCCOCCOCCOCCOCCOCCOCCC(=O)O)C(=O)OCc1ccccc1. The Labute approximate surface area is 728 Å². The summed E-state index contributed by atoms with van der Waals surface area (Å²) in [6, 6.07) is 19.3. The van der Waals surface area contributed by atoms with Gasteiger partial charge >= 0.3 is 17.9 Å². The van der Waals surface area contributed by atoms with Crippen LogP contribution in [0.4, 0.5) is 0 Å². The lowest BCUT2D eigenvalue weighted by Gasteiger charge is -2.30. The number of allylic oxidation sites excluding steroid dienone is 2. The molecular weight excluding hydrogens is 1590 g/mol. The van der Waals surface area contributed by atoms with Gasteiger partial charge in [0.25, 0.3) is 0 Å². The molecule has 1 unspecified atom stereocenters. The molecule has 0 aliphatic carbocycles. The topological polar surface area (TPSA) is 341 Å². The number of benzene rings is 2. The van der Waals surface area contributed by atoms with Crippen LogP contribution in [0.1, 0.15) is 140 Å². The van der Waals surface area contributed by atoms with E-state index in [1.54, 1.807) is 0 Å². The van der Waals surface area contributed by atoms with Crippen LogP contribution < -0.4 is 5.32 Å². The van der Waals surface area contributed by atoms with Gasteiger partial charge in [0.1, 0.15) is 18.6 Å². The Hall–Kier alpha value is -4.90. The molecule has 2 N–H and O–H groups in total. The minimum atomic E-state index is -1.38. The van der Waals surface area contributed by atoms with E-state index >= 15 is 0 Å². The molecule has 32 heteroatoms. The molecule has 0 aromatic heterocycles. The molecule has 122 heavy (non-hydrogen) atoms. The number of esters is 2. The van der Waals surface area contributed by atoms with Crippen molar-refractivity contribution >= 4 is 23.8 Å². The van der Waals surface area contributed by atoms with Crippen LogP contribution in [-0.4, -0.2) is 353 Å². The maximum Gasteiger partial charge on any atom is 0.322 e. The van der Waals surface area contributed by atoms with Crippen molar-refractivity contribution in [2.75, 3.05) is 324 Å². The number of rotatable bonds is 101. The fraction of sp³-hybridized carbons (Fsp3) is 0.800. The van der Waals surface area contributed by atoms with E-state index in [1.165, 1.54) is 32.1 Å². The van der Waals surface area contributed by atoms with Crippen molar-refractivity contribution in [1.29, 1.82) is 0 Å². The first kappa shape index (κ1) is 113. The zero-order valence-corrected chi connectivity index (χ0v) is 74.1. The van der Waals surface area contributed by atoms with E-state index in [2.05, 4.69) is 18.3 Å². The molecule has 0 aliphatic heterocycles. The van der Waals surface area contributed by atoms with Gasteiger partial charge < -0.3 is 134 Å². The summed E-state index contributed by atoms with van der Waals surface area (Å²) in [5.41, 5.74) is 0.461. The molecule has 0 fully saturated rings. The quantitative estimate of drug-likeness (QED) is 0.0269. The van der Waals surface area contributed by atoms with Gasteiger partial charge in [0, 0.05) is 13.0 Å². The van der Waals surface area contributed by atoms with Gasteiger partial charge in [-0.3, -0.25) is 19.2 Å². The molecule has 2 rings (SSSR count). The van der Waals surface area contributed by atoms with Crippen LogP contribution in [0.5, 0.6) is 0 Å². The molecule has 0 spiro atoms. The minimum absolute atomic E-state index is 0.0135. The zero-order chi connectivity index (χ0) is 87.0. The predicted molar refractivity (Wildman–Crippen MR) is 458 cm³/mol. The van der Waals surface area contributed by atoms with Gasteiger partial charge in [0.2, 0.25) is 5.91 Å². The standard InChI is InChI=1S/C90H157NO31/c1-2-3-4-5-6-8-11-14-23-31-90(89(96)122-83-85-27-20-17-21-28-85,32-24-15-12-9-7-10-13-22-29-87(94)121-82-84-25-18-16-19-26-84)88(95)91-33-35-98-37-39-100-41-43-102-45-47-104-49-51-106-53-55-108-57-59-110-61-63-112-65-67-114-69-71-116-73-75-118-77-79-120-81-80-119-78-76-117-74-72-115-70-68-113-66-64-111-62-60-109-58-56-107-54-52-105-50-48-103-46-44-101-42-40-99-38-36-97-34-30-86(92)93/h15-21,24-28H,2-14,22-23,29-83H2,1H3,(H,91,95)(H,92,93)/b24-15+. The van der Waals surface area contributed by atoms with Crippen molar-refractivity contribution in [1.82, 2.24) is 5.32 Å². The summed E-state index contributed by atoms with van der Waals surface area (Å²) in [7, 11) is 0. The summed E-state index contributed by atoms with van der Waals surface area (Å²) >= 11 is 0. The molecular formula is C90H157NO31. The van der Waals surface area contributed by atoms with E-state index in [4.69, 9.17) is 128 Å². The molecule has 1 amide bonds. The normalized spacial score (nSPS) is 12.1. The van der Waals surface area contributed by atoms with E-state index in [-0.39, 0.29) is 51.1 Å². The highest BCUT2D eigenvalue weighted by atomic mass is 16.6. The van der Waals surface area contributed by atoms with Crippen molar-refractivity contribution in [3.8, 4) is 0 Å². The summed E-state index contributed by atoms with van der Waals surface area (Å²) in [6.07, 6.45) is 20.8. The number of carbonyl (C=O) groups is 4. The predicted octanol–water partition coefficient (Wildman–Crippen LogP) is 10.0. The van der Waals surface area contributed by atoms with Crippen molar-refractivity contribution in [2.45, 2.75) is 142 Å². The van der Waals surface area contributed by atoms with Gasteiger partial charge in [-0.2, -0.15) is 0 Å². The van der Waals surface area contributed by atoms with Crippen LogP contribution in [0, 0.1) is 5.41 Å². The lowest BCUT2D eigenvalue weighted by atomic mass is 9.78. The van der Waals surface area contributed by atoms with Crippen LogP contribution in [0.2, 0.25) is 0 Å². The molecule has 0 aliphatic rings. The lowest BCUT2D eigenvalue weighted by Crippen LogP contribution is -2.48. The molecule has 0 heterocycles. The Kier molecular flexibility index (Phi) is 86.9. The monoisotopic (exact) mass is 1750 g/mol. The number of hydrogen-bond acceptors (Lipinski definition) is 30. The van der Waals surface area contributed by atoms with E-state index in [9.17, 15) is 19.2 Å². The van der Waals surface area contributed by atoms with Crippen molar-refractivity contribution in [3.63, 3.8) is 0 Å². The molecule has 2 aromatic carbocycles. The molecule has 0 saturated carbocycles. The van der Waals surface area contributed by atoms with E-state index in [0.717, 1.165) is 75.3 Å². The maximum absolute atomic E-state index is 14.3. The molecule has 0 saturated heterocycles. The number of nitrogens with one attached hydrogen (secondary N) is 1. The zero-order valence-electron chi connectivity index (χ0n) is 74.1. The van der Waals surface area contributed by atoms with Gasteiger partial charge in [-0.25, -0.2) is 0 Å². The largest absolute Gasteiger partial charge is 0.481 e. The maximum atomic E-state index is 14.3. The fourth-order valence-corrected chi connectivity index (χ4v) is 11.2. The average molecular weight is 1750 g/mol. The Morgan fingerprint density at radius 3 is 0.836 bits per heavy atom. The van der Waals surface area contributed by atoms with Gasteiger partial charge in [0.15, 0.2) is 0 Å². The second kappa shape index (κ2) is 93.7. The molecule has 32 nitrogen and oxygen atoms in total. The number of carboxylic acid groups (broad SMARTS) is 1. The van der Waals surface area contributed by atoms with Crippen molar-refractivity contribution < 1.29 is 147 Å². The Balaban J connectivity index is 1.29. The smallest absolute Gasteiger partial charge is 0.322 e.